The van der Waals surface area contributed by atoms with Crippen molar-refractivity contribution >= 4 is 0 Å². The first-order chi connectivity index (χ1) is 5.88. The summed E-state index contributed by atoms with van der Waals surface area (Å²) in [7, 11) is 0. The van der Waals surface area contributed by atoms with Gasteiger partial charge in [-0.3, -0.25) is 0 Å². The first kappa shape index (κ1) is 8.44. The van der Waals surface area contributed by atoms with Crippen LogP contribution in [0.2, 0.25) is 4.63 Å². The number of hydrogen-bond acceptors (Lipinski definition) is 0. The van der Waals surface area contributed by atoms with Crippen LogP contribution in [0.5, 0.6) is 0 Å². The summed E-state index contributed by atoms with van der Waals surface area (Å²) in [6.45, 7) is 0. The third kappa shape index (κ3) is 1.61. The van der Waals surface area contributed by atoms with Gasteiger partial charge in [-0.1, -0.05) is 0 Å². The summed E-state index contributed by atoms with van der Waals surface area (Å²) in [6.07, 6.45) is 16.1. The average Bonchev–Trinajstić information content (AvgIpc) is 2.77. The largest absolute Gasteiger partial charge is 1.00 e. The van der Waals surface area contributed by atoms with Crippen LogP contribution < -0.4 is 0 Å². The maximum Gasteiger partial charge on any atom is -1.00 e. The van der Waals surface area contributed by atoms with Crippen molar-refractivity contribution in [3.63, 3.8) is 0 Å². The molecule has 0 aliphatic heterocycles. The molecule has 0 amide bonds. The minimum Gasteiger partial charge on any atom is -1.00 e. The smallest absolute Gasteiger partial charge is 1.00 e. The van der Waals surface area contributed by atoms with Crippen molar-refractivity contribution in [2.24, 2.45) is 0 Å². The Morgan fingerprint density at radius 2 is 1.58 bits per heavy atom. The summed E-state index contributed by atoms with van der Waals surface area (Å²) >= 11 is -1.27. The van der Waals surface area contributed by atoms with Gasteiger partial charge in [0, 0.05) is 0 Å². The van der Waals surface area contributed by atoms with E-state index < -0.39 is 21.8 Å². The predicted octanol–water partition coefficient (Wildman–Crippen LogP) is 3.45. The Kier molecular flexibility index (Phi) is 2.61. The van der Waals surface area contributed by atoms with Gasteiger partial charge in [-0.15, -0.1) is 0 Å². The first-order valence-electron chi connectivity index (χ1n) is 4.43. The third-order valence-corrected chi connectivity index (χ3v) is 9.06. The quantitative estimate of drug-likeness (QED) is 0.690. The molecule has 0 fully saturated rings. The standard InChI is InChI=1S/2C5H5.CH3.Zr.H/c2*1-2-4-5-3-1;;;/h2*1-3H,4H2;1H3;;/q;;;;-1. The molecule has 2 rings (SSSR count). The predicted molar refractivity (Wildman–Crippen MR) is 50.7 cm³/mol. The van der Waals surface area contributed by atoms with E-state index in [0.29, 0.717) is 0 Å². The normalized spacial score (nSPS) is 19.8. The van der Waals surface area contributed by atoms with Crippen LogP contribution in [-0.2, 0) is 21.8 Å². The zero-order valence-corrected chi connectivity index (χ0v) is 9.84. The average molecular weight is 237 g/mol. The van der Waals surface area contributed by atoms with Gasteiger partial charge in [0.25, 0.3) is 0 Å². The van der Waals surface area contributed by atoms with E-state index in [1.165, 1.54) is 12.8 Å². The number of allylic oxidation sites excluding steroid dienone is 8. The van der Waals surface area contributed by atoms with E-state index in [-0.39, 0.29) is 1.43 Å². The zero-order chi connectivity index (χ0) is 8.39. The van der Waals surface area contributed by atoms with Crippen LogP contribution in [0.4, 0.5) is 0 Å². The second-order valence-corrected chi connectivity index (χ2v) is 9.50. The Hall–Kier alpha value is -0.157. The van der Waals surface area contributed by atoms with Crippen molar-refractivity contribution in [2.45, 2.75) is 17.5 Å². The maximum atomic E-state index is 2.50. The fourth-order valence-corrected chi connectivity index (χ4v) is 6.46. The van der Waals surface area contributed by atoms with Crippen LogP contribution in [0.1, 0.15) is 14.3 Å². The van der Waals surface area contributed by atoms with Crippen LogP contribution in [0.25, 0.3) is 0 Å². The monoisotopic (exact) mass is 236 g/mol. The Morgan fingerprint density at radius 3 is 1.92 bits per heavy atom. The molecule has 2 aliphatic carbocycles. The molecule has 0 aromatic heterocycles. The minimum atomic E-state index is -1.27. The van der Waals surface area contributed by atoms with Crippen LogP contribution >= 0.6 is 0 Å². The van der Waals surface area contributed by atoms with E-state index in [1.807, 2.05) is 0 Å². The molecule has 0 heterocycles. The summed E-state index contributed by atoms with van der Waals surface area (Å²) in [5.41, 5.74) is 0. The molecule has 0 saturated carbocycles. The minimum absolute atomic E-state index is 0. The van der Waals surface area contributed by atoms with Crippen LogP contribution in [-0.4, -0.2) is 0 Å². The SMILES string of the molecule is [CH3][Zr]([C]1=CC=CC1)[C]1=CC=CC1.[H-]. The fourth-order valence-electron chi connectivity index (χ4n) is 1.66. The van der Waals surface area contributed by atoms with E-state index in [2.05, 4.69) is 41.1 Å². The molecule has 63 valence electrons. The molecule has 0 bridgehead atoms. The van der Waals surface area contributed by atoms with E-state index >= 15 is 0 Å². The van der Waals surface area contributed by atoms with E-state index in [0.717, 1.165) is 0 Å². The van der Waals surface area contributed by atoms with Crippen molar-refractivity contribution in [1.29, 1.82) is 0 Å². The van der Waals surface area contributed by atoms with Gasteiger partial charge < -0.3 is 1.43 Å². The van der Waals surface area contributed by atoms with Crippen LogP contribution in [0.15, 0.2) is 43.0 Å². The van der Waals surface area contributed by atoms with Crippen LogP contribution in [0.3, 0.4) is 0 Å². The van der Waals surface area contributed by atoms with Gasteiger partial charge in [-0.2, -0.15) is 0 Å². The molecule has 12 heavy (non-hydrogen) atoms. The molecule has 0 radical (unpaired) electrons. The topological polar surface area (TPSA) is 0 Å². The summed E-state index contributed by atoms with van der Waals surface area (Å²) in [5, 5.41) is 0. The number of rotatable bonds is 2. The van der Waals surface area contributed by atoms with Gasteiger partial charge in [0.2, 0.25) is 0 Å². The number of hydrogen-bond donors (Lipinski definition) is 0. The van der Waals surface area contributed by atoms with E-state index in [4.69, 9.17) is 0 Å². The molecule has 0 saturated heterocycles. The molecule has 0 aromatic rings. The molecule has 0 nitrogen and oxygen atoms in total. The van der Waals surface area contributed by atoms with Gasteiger partial charge in [0.1, 0.15) is 0 Å². The Morgan fingerprint density at radius 1 is 1.08 bits per heavy atom. The molecular formula is C11H14Zr-. The van der Waals surface area contributed by atoms with Crippen molar-refractivity contribution in [3.05, 3.63) is 43.0 Å². The summed E-state index contributed by atoms with van der Waals surface area (Å²) in [4.78, 5) is 0. The Bertz CT molecular complexity index is 267. The van der Waals surface area contributed by atoms with Gasteiger partial charge in [0.15, 0.2) is 0 Å². The Balaban J connectivity index is 0.000000845. The summed E-state index contributed by atoms with van der Waals surface area (Å²) < 4.78 is 6.01. The second-order valence-electron chi connectivity index (χ2n) is 3.27. The molecule has 2 aliphatic rings. The molecular weight excluding hydrogens is 223 g/mol. The van der Waals surface area contributed by atoms with Crippen molar-refractivity contribution in [3.8, 4) is 0 Å². The van der Waals surface area contributed by atoms with Gasteiger partial charge in [-0.05, 0) is 0 Å². The van der Waals surface area contributed by atoms with Crippen molar-refractivity contribution in [1.82, 2.24) is 0 Å². The molecule has 1 heteroatoms. The fraction of sp³-hybridized carbons (Fsp3) is 0.273. The summed E-state index contributed by atoms with van der Waals surface area (Å²) in [6, 6.07) is 0. The van der Waals surface area contributed by atoms with Gasteiger partial charge in [0.05, 0.1) is 0 Å². The molecule has 0 N–H and O–H groups in total. The Labute approximate surface area is 83.5 Å². The van der Waals surface area contributed by atoms with E-state index in [9.17, 15) is 0 Å². The van der Waals surface area contributed by atoms with Gasteiger partial charge in [-0.25, -0.2) is 0 Å². The van der Waals surface area contributed by atoms with Crippen LogP contribution in [0, 0.1) is 0 Å². The third-order valence-electron chi connectivity index (χ3n) is 2.51. The van der Waals surface area contributed by atoms with Crippen molar-refractivity contribution in [2.75, 3.05) is 0 Å². The zero-order valence-electron chi connectivity index (χ0n) is 8.38. The van der Waals surface area contributed by atoms with Crippen molar-refractivity contribution < 1.29 is 23.2 Å². The second kappa shape index (κ2) is 3.70. The van der Waals surface area contributed by atoms with Gasteiger partial charge >= 0.3 is 82.2 Å². The molecule has 0 spiro atoms. The molecule has 0 atom stereocenters. The van der Waals surface area contributed by atoms with E-state index in [1.54, 1.807) is 6.56 Å². The molecule has 0 aromatic carbocycles. The maximum absolute atomic E-state index is 2.50. The molecule has 0 unspecified atom stereocenters. The summed E-state index contributed by atoms with van der Waals surface area (Å²) in [5.74, 6) is 0. The first-order valence-corrected chi connectivity index (χ1v) is 9.35.